The number of aromatic amines is 1. The average Bonchev–Trinajstić information content (AvgIpc) is 3.13. The van der Waals surface area contributed by atoms with E-state index in [0.29, 0.717) is 22.6 Å². The van der Waals surface area contributed by atoms with E-state index in [4.69, 9.17) is 27.9 Å². The zero-order valence-corrected chi connectivity index (χ0v) is 18.8. The predicted molar refractivity (Wildman–Crippen MR) is 125 cm³/mol. The summed E-state index contributed by atoms with van der Waals surface area (Å²) in [6.45, 7) is 1.54. The number of methoxy groups -OCH3 is 1. The van der Waals surface area contributed by atoms with Crippen molar-refractivity contribution in [2.24, 2.45) is 0 Å². The fraction of sp³-hybridized carbons (Fsp3) is 0.435. The van der Waals surface area contributed by atoms with Crippen molar-refractivity contribution in [1.82, 2.24) is 15.6 Å². The van der Waals surface area contributed by atoms with Crippen LogP contribution in [0.25, 0.3) is 17.0 Å². The Hall–Kier alpha value is -1.95. The number of rotatable bonds is 9. The molecule has 5 nitrogen and oxygen atoms in total. The molecule has 0 bridgehead atoms. The second kappa shape index (κ2) is 11.4. The van der Waals surface area contributed by atoms with Gasteiger partial charge >= 0.3 is 0 Å². The molecule has 3 N–H and O–H groups in total. The Morgan fingerprint density at radius 1 is 1.17 bits per heavy atom. The van der Waals surface area contributed by atoms with Crippen LogP contribution in [-0.4, -0.2) is 37.1 Å². The molecule has 2 aromatic rings. The Balaban J connectivity index is 1.46. The molecule has 30 heavy (non-hydrogen) atoms. The number of amides is 1. The van der Waals surface area contributed by atoms with Gasteiger partial charge in [-0.25, -0.2) is 0 Å². The lowest BCUT2D eigenvalue weighted by Gasteiger charge is -2.22. The number of H-pyrrole nitrogens is 1. The quantitative estimate of drug-likeness (QED) is 0.206. The van der Waals surface area contributed by atoms with Crippen molar-refractivity contribution < 1.29 is 9.53 Å². The first-order valence-corrected chi connectivity index (χ1v) is 11.2. The number of benzene rings is 1. The van der Waals surface area contributed by atoms with Gasteiger partial charge in [-0.05, 0) is 56.2 Å². The van der Waals surface area contributed by atoms with Gasteiger partial charge in [0.1, 0.15) is 0 Å². The average molecular weight is 450 g/mol. The second-order valence-corrected chi connectivity index (χ2v) is 8.39. The van der Waals surface area contributed by atoms with Crippen LogP contribution in [0.1, 0.15) is 44.2 Å². The van der Waals surface area contributed by atoms with Gasteiger partial charge in [0.15, 0.2) is 5.76 Å². The highest BCUT2D eigenvalue weighted by Gasteiger charge is 2.12. The minimum Gasteiger partial charge on any atom is -0.491 e. The standard InChI is InChI=1S/C23H29Cl2N3O2/c1-30-22(23(29)27-12-6-11-26-17-7-3-2-4-8-17)10-5-9-18-13-16-14-19(24)20(25)15-21(16)28-18/h5,9-10,13-15,17,26,28H,2-4,6-8,11-12H2,1H3,(H,27,29). The number of carbonyl (C=O) groups excluding carboxylic acids is 1. The maximum absolute atomic E-state index is 12.3. The van der Waals surface area contributed by atoms with Crippen molar-refractivity contribution in [2.45, 2.75) is 44.6 Å². The highest BCUT2D eigenvalue weighted by atomic mass is 35.5. The Bertz CT molecular complexity index is 876. The molecule has 0 saturated heterocycles. The van der Waals surface area contributed by atoms with E-state index in [1.165, 1.54) is 39.2 Å². The number of carbonyl (C=O) groups is 1. The molecular formula is C23H29Cl2N3O2. The molecule has 1 aromatic heterocycles. The molecule has 1 saturated carbocycles. The summed E-state index contributed by atoms with van der Waals surface area (Å²) in [6.07, 6.45) is 12.7. The summed E-state index contributed by atoms with van der Waals surface area (Å²) in [5, 5.41) is 8.49. The van der Waals surface area contributed by atoms with E-state index < -0.39 is 0 Å². The predicted octanol–water partition coefficient (Wildman–Crippen LogP) is 5.45. The molecular weight excluding hydrogens is 421 g/mol. The monoisotopic (exact) mass is 449 g/mol. The summed E-state index contributed by atoms with van der Waals surface area (Å²) in [5.41, 5.74) is 1.78. The van der Waals surface area contributed by atoms with Gasteiger partial charge in [-0.2, -0.15) is 0 Å². The van der Waals surface area contributed by atoms with Crippen LogP contribution in [0.3, 0.4) is 0 Å². The van der Waals surface area contributed by atoms with Crippen molar-refractivity contribution in [1.29, 1.82) is 0 Å². The summed E-state index contributed by atoms with van der Waals surface area (Å²) in [4.78, 5) is 15.6. The van der Waals surface area contributed by atoms with E-state index in [1.807, 2.05) is 18.2 Å². The normalized spacial score (nSPS) is 15.8. The Labute approximate surface area is 187 Å². The SMILES string of the molecule is COC(=CC=Cc1cc2cc(Cl)c(Cl)cc2[nH]1)C(=O)NCCCNC1CCCCC1. The number of halogens is 2. The highest BCUT2D eigenvalue weighted by molar-refractivity contribution is 6.42. The van der Waals surface area contributed by atoms with Gasteiger partial charge in [0.2, 0.25) is 0 Å². The van der Waals surface area contributed by atoms with Crippen LogP contribution >= 0.6 is 23.2 Å². The molecule has 1 aliphatic carbocycles. The van der Waals surface area contributed by atoms with Crippen molar-refractivity contribution in [2.75, 3.05) is 20.2 Å². The third-order valence-electron chi connectivity index (χ3n) is 5.33. The molecule has 0 unspecified atom stereocenters. The van der Waals surface area contributed by atoms with E-state index in [2.05, 4.69) is 15.6 Å². The molecule has 1 fully saturated rings. The van der Waals surface area contributed by atoms with Gasteiger partial charge in [-0.15, -0.1) is 0 Å². The van der Waals surface area contributed by atoms with Gasteiger partial charge in [-0.3, -0.25) is 4.79 Å². The molecule has 0 spiro atoms. The highest BCUT2D eigenvalue weighted by Crippen LogP contribution is 2.28. The molecule has 0 radical (unpaired) electrons. The van der Waals surface area contributed by atoms with Crippen LogP contribution in [0, 0.1) is 0 Å². The first-order valence-electron chi connectivity index (χ1n) is 10.5. The van der Waals surface area contributed by atoms with Gasteiger partial charge in [-0.1, -0.05) is 48.5 Å². The van der Waals surface area contributed by atoms with Crippen LogP contribution in [0.4, 0.5) is 0 Å². The summed E-state index contributed by atoms with van der Waals surface area (Å²) >= 11 is 12.1. The number of fused-ring (bicyclic) bond motifs is 1. The minimum atomic E-state index is -0.213. The Kier molecular flexibility index (Phi) is 8.67. The third-order valence-corrected chi connectivity index (χ3v) is 6.05. The van der Waals surface area contributed by atoms with Crippen LogP contribution < -0.4 is 10.6 Å². The number of hydrogen-bond acceptors (Lipinski definition) is 3. The zero-order chi connectivity index (χ0) is 21.3. The largest absolute Gasteiger partial charge is 0.491 e. The number of nitrogens with one attached hydrogen (secondary N) is 3. The van der Waals surface area contributed by atoms with Gasteiger partial charge in [0, 0.05) is 29.2 Å². The van der Waals surface area contributed by atoms with E-state index in [1.54, 1.807) is 18.2 Å². The maximum atomic E-state index is 12.3. The third kappa shape index (κ3) is 6.53. The smallest absolute Gasteiger partial charge is 0.286 e. The maximum Gasteiger partial charge on any atom is 0.286 e. The molecule has 0 atom stereocenters. The lowest BCUT2D eigenvalue weighted by molar-refractivity contribution is -0.120. The van der Waals surface area contributed by atoms with Crippen molar-refractivity contribution >= 4 is 46.1 Å². The van der Waals surface area contributed by atoms with Crippen molar-refractivity contribution in [3.05, 3.63) is 51.8 Å². The Morgan fingerprint density at radius 3 is 2.70 bits per heavy atom. The van der Waals surface area contributed by atoms with Crippen LogP contribution in [-0.2, 0) is 9.53 Å². The summed E-state index contributed by atoms with van der Waals surface area (Å²) in [5.74, 6) is 0.0590. The van der Waals surface area contributed by atoms with E-state index in [0.717, 1.165) is 29.6 Å². The molecule has 7 heteroatoms. The first-order chi connectivity index (χ1) is 14.6. The van der Waals surface area contributed by atoms with Crippen LogP contribution in [0.15, 0.2) is 36.1 Å². The topological polar surface area (TPSA) is 66.2 Å². The number of hydrogen-bond donors (Lipinski definition) is 3. The lowest BCUT2D eigenvalue weighted by Crippen LogP contribution is -2.34. The fourth-order valence-corrected chi connectivity index (χ4v) is 4.04. The summed E-state index contributed by atoms with van der Waals surface area (Å²) in [6, 6.07) is 6.22. The van der Waals surface area contributed by atoms with Gasteiger partial charge in [0.25, 0.3) is 5.91 Å². The van der Waals surface area contributed by atoms with Crippen LogP contribution in [0.5, 0.6) is 0 Å². The van der Waals surface area contributed by atoms with E-state index in [-0.39, 0.29) is 11.7 Å². The fourth-order valence-electron chi connectivity index (χ4n) is 3.70. The van der Waals surface area contributed by atoms with E-state index >= 15 is 0 Å². The number of ether oxygens (including phenoxy) is 1. The van der Waals surface area contributed by atoms with E-state index in [9.17, 15) is 4.79 Å². The number of aromatic nitrogens is 1. The summed E-state index contributed by atoms with van der Waals surface area (Å²) < 4.78 is 5.23. The zero-order valence-electron chi connectivity index (χ0n) is 17.3. The minimum absolute atomic E-state index is 0.213. The van der Waals surface area contributed by atoms with Crippen molar-refractivity contribution in [3.63, 3.8) is 0 Å². The van der Waals surface area contributed by atoms with Crippen molar-refractivity contribution in [3.8, 4) is 0 Å². The first kappa shape index (κ1) is 22.7. The summed E-state index contributed by atoms with van der Waals surface area (Å²) in [7, 11) is 1.50. The Morgan fingerprint density at radius 2 is 1.93 bits per heavy atom. The van der Waals surface area contributed by atoms with Gasteiger partial charge in [0.05, 0.1) is 17.2 Å². The molecule has 162 valence electrons. The molecule has 3 rings (SSSR count). The van der Waals surface area contributed by atoms with Crippen LogP contribution in [0.2, 0.25) is 10.0 Å². The molecule has 1 aliphatic rings. The molecule has 1 amide bonds. The second-order valence-electron chi connectivity index (χ2n) is 7.57. The molecule has 1 heterocycles. The molecule has 1 aromatic carbocycles. The lowest BCUT2D eigenvalue weighted by atomic mass is 9.95. The molecule has 0 aliphatic heterocycles. The van der Waals surface area contributed by atoms with Gasteiger partial charge < -0.3 is 20.4 Å². The number of allylic oxidation sites excluding steroid dienone is 2.